The third kappa shape index (κ3) is 3.42. The molecule has 0 saturated carbocycles. The highest BCUT2D eigenvalue weighted by atomic mass is 32.2. The molecule has 23 heavy (non-hydrogen) atoms. The van der Waals surface area contributed by atoms with Crippen LogP contribution in [0.4, 0.5) is 8.78 Å². The van der Waals surface area contributed by atoms with E-state index in [1.807, 2.05) is 0 Å². The van der Waals surface area contributed by atoms with E-state index >= 15 is 0 Å². The fourth-order valence-electron chi connectivity index (χ4n) is 3.10. The Morgan fingerprint density at radius 2 is 1.87 bits per heavy atom. The molecule has 2 rings (SSSR count). The molecule has 1 fully saturated rings. The van der Waals surface area contributed by atoms with Gasteiger partial charge in [0.25, 0.3) is 0 Å². The number of rotatable bonds is 5. The summed E-state index contributed by atoms with van der Waals surface area (Å²) in [7, 11) is -4.84. The van der Waals surface area contributed by atoms with Crippen molar-refractivity contribution in [3.63, 3.8) is 0 Å². The van der Waals surface area contributed by atoms with Crippen LogP contribution in [0.1, 0.15) is 25.5 Å². The van der Waals surface area contributed by atoms with Crippen molar-refractivity contribution in [2.24, 2.45) is 0 Å². The van der Waals surface area contributed by atoms with Gasteiger partial charge in [-0.3, -0.25) is 4.81 Å². The summed E-state index contributed by atoms with van der Waals surface area (Å²) in [5.74, 6) is 0. The second-order valence-electron chi connectivity index (χ2n) is 6.04. The number of hydrogen-bond acceptors (Lipinski definition) is 5. The van der Waals surface area contributed by atoms with E-state index < -0.39 is 47.4 Å². The van der Waals surface area contributed by atoms with Crippen LogP contribution < -0.4 is 0 Å². The molecule has 0 radical (unpaired) electrons. The van der Waals surface area contributed by atoms with E-state index in [2.05, 4.69) is 0 Å². The van der Waals surface area contributed by atoms with E-state index in [0.29, 0.717) is 5.56 Å². The van der Waals surface area contributed by atoms with E-state index in [9.17, 15) is 22.2 Å². The fourth-order valence-corrected chi connectivity index (χ4v) is 3.77. The number of sulfone groups is 1. The standard InChI is InChI=1S/C14H20BF2NO4S/c1-14(2)18(15(3)19)12(8-16)13(22-14)10-4-6-11(7-5-10)23(20,21)9-17/h4-7,12-13,19H,8-9H2,1-3H3/t12-,13-/m1/s1. The van der Waals surface area contributed by atoms with Gasteiger partial charge in [0.1, 0.15) is 18.5 Å². The topological polar surface area (TPSA) is 66.8 Å². The molecule has 9 heteroatoms. The van der Waals surface area contributed by atoms with Crippen molar-refractivity contribution in [3.05, 3.63) is 29.8 Å². The highest BCUT2D eigenvalue weighted by Gasteiger charge is 2.50. The lowest BCUT2D eigenvalue weighted by Crippen LogP contribution is -2.52. The number of hydrogen-bond donors (Lipinski definition) is 1. The quantitative estimate of drug-likeness (QED) is 0.825. The number of halogens is 2. The Bertz CT molecular complexity index is 651. The molecule has 1 saturated heterocycles. The van der Waals surface area contributed by atoms with Gasteiger partial charge >= 0.3 is 7.05 Å². The van der Waals surface area contributed by atoms with E-state index in [0.717, 1.165) is 0 Å². The van der Waals surface area contributed by atoms with Crippen molar-refractivity contribution < 1.29 is 27.0 Å². The predicted octanol–water partition coefficient (Wildman–Crippen LogP) is 1.95. The predicted molar refractivity (Wildman–Crippen MR) is 82.9 cm³/mol. The Hall–Kier alpha value is -1.03. The summed E-state index contributed by atoms with van der Waals surface area (Å²) in [6.07, 6.45) is -0.660. The first-order chi connectivity index (χ1) is 10.6. The van der Waals surface area contributed by atoms with E-state index in [1.54, 1.807) is 13.8 Å². The zero-order valence-corrected chi connectivity index (χ0v) is 14.1. The lowest BCUT2D eigenvalue weighted by Gasteiger charge is -2.33. The van der Waals surface area contributed by atoms with Crippen LogP contribution in [0.3, 0.4) is 0 Å². The maximum Gasteiger partial charge on any atom is 0.379 e. The molecule has 1 aromatic carbocycles. The Balaban J connectivity index is 2.35. The van der Waals surface area contributed by atoms with Crippen LogP contribution in [0.25, 0.3) is 0 Å². The zero-order chi connectivity index (χ0) is 17.4. The Kier molecular flexibility index (Phi) is 5.15. The smallest absolute Gasteiger partial charge is 0.379 e. The van der Waals surface area contributed by atoms with E-state index in [-0.39, 0.29) is 4.90 Å². The van der Waals surface area contributed by atoms with Gasteiger partial charge in [0.05, 0.1) is 10.9 Å². The molecule has 1 heterocycles. The van der Waals surface area contributed by atoms with Gasteiger partial charge in [-0.2, -0.15) is 0 Å². The van der Waals surface area contributed by atoms with Gasteiger partial charge < -0.3 is 9.76 Å². The summed E-state index contributed by atoms with van der Waals surface area (Å²) >= 11 is 0. The molecule has 0 bridgehead atoms. The van der Waals surface area contributed by atoms with E-state index in [4.69, 9.17) is 4.74 Å². The normalized spacial score (nSPS) is 24.8. The molecule has 0 aromatic heterocycles. The van der Waals surface area contributed by atoms with Crippen molar-refractivity contribution in [3.8, 4) is 0 Å². The molecule has 1 aliphatic heterocycles. The monoisotopic (exact) mass is 347 g/mol. The minimum absolute atomic E-state index is 0.134. The molecule has 0 aliphatic carbocycles. The molecule has 128 valence electrons. The molecule has 0 unspecified atom stereocenters. The molecular weight excluding hydrogens is 327 g/mol. The number of benzene rings is 1. The van der Waals surface area contributed by atoms with Crippen LogP contribution >= 0.6 is 0 Å². The van der Waals surface area contributed by atoms with Gasteiger partial charge in [-0.05, 0) is 38.4 Å². The Labute approximate surface area is 135 Å². The lowest BCUT2D eigenvalue weighted by atomic mass is 9.80. The molecule has 0 amide bonds. The van der Waals surface area contributed by atoms with Crippen molar-refractivity contribution in [1.29, 1.82) is 0 Å². The Morgan fingerprint density at radius 3 is 2.30 bits per heavy atom. The second-order valence-corrected chi connectivity index (χ2v) is 7.96. The number of alkyl halides is 2. The summed E-state index contributed by atoms with van der Waals surface area (Å²) in [5.41, 5.74) is -0.305. The van der Waals surface area contributed by atoms with Crippen molar-refractivity contribution in [2.45, 2.75) is 43.4 Å². The van der Waals surface area contributed by atoms with Crippen LogP contribution in [0.2, 0.25) is 6.82 Å². The number of nitrogens with zero attached hydrogens (tertiary/aromatic N) is 1. The first-order valence-corrected chi connectivity index (χ1v) is 8.88. The maximum absolute atomic E-state index is 13.5. The van der Waals surface area contributed by atoms with Crippen LogP contribution in [-0.2, 0) is 14.6 Å². The SMILES string of the molecule is CB(O)N1[C@H](CF)[C@@H](c2ccc(S(=O)(=O)CF)cc2)OC1(C)C. The molecule has 1 aromatic rings. The van der Waals surface area contributed by atoms with Gasteiger partial charge in [0, 0.05) is 0 Å². The average molecular weight is 347 g/mol. The highest BCUT2D eigenvalue weighted by molar-refractivity contribution is 7.91. The fraction of sp³-hybridized carbons (Fsp3) is 0.571. The van der Waals surface area contributed by atoms with Crippen LogP contribution in [-0.4, -0.2) is 49.8 Å². The van der Waals surface area contributed by atoms with Crippen LogP contribution in [0.5, 0.6) is 0 Å². The van der Waals surface area contributed by atoms with Crippen molar-refractivity contribution in [1.82, 2.24) is 4.81 Å². The van der Waals surface area contributed by atoms with Crippen molar-refractivity contribution in [2.75, 3.05) is 12.7 Å². The van der Waals surface area contributed by atoms with E-state index in [1.165, 1.54) is 35.9 Å². The van der Waals surface area contributed by atoms with Gasteiger partial charge in [-0.25, -0.2) is 17.2 Å². The van der Waals surface area contributed by atoms with Crippen molar-refractivity contribution >= 4 is 16.9 Å². The molecule has 5 nitrogen and oxygen atoms in total. The van der Waals surface area contributed by atoms with Crippen LogP contribution in [0, 0.1) is 0 Å². The van der Waals surface area contributed by atoms with Gasteiger partial charge in [-0.15, -0.1) is 0 Å². The third-order valence-corrected chi connectivity index (χ3v) is 5.29. The molecule has 1 N–H and O–H groups in total. The van der Waals surface area contributed by atoms with Gasteiger partial charge in [0.15, 0.2) is 6.01 Å². The zero-order valence-electron chi connectivity index (χ0n) is 13.2. The highest BCUT2D eigenvalue weighted by Crippen LogP contribution is 2.41. The summed E-state index contributed by atoms with van der Waals surface area (Å²) in [4.78, 5) is 1.40. The van der Waals surface area contributed by atoms with Gasteiger partial charge in [0.2, 0.25) is 9.84 Å². The second kappa shape index (κ2) is 6.47. The maximum atomic E-state index is 13.5. The first-order valence-electron chi connectivity index (χ1n) is 7.23. The molecule has 2 atom stereocenters. The summed E-state index contributed by atoms with van der Waals surface area (Å²) in [6.45, 7) is 4.26. The number of ether oxygens (including phenoxy) is 1. The van der Waals surface area contributed by atoms with Gasteiger partial charge in [-0.1, -0.05) is 12.1 Å². The average Bonchev–Trinajstić information content (AvgIpc) is 2.78. The summed E-state index contributed by atoms with van der Waals surface area (Å²) in [5, 5.41) is 9.89. The lowest BCUT2D eigenvalue weighted by molar-refractivity contribution is -0.0557. The molecular formula is C14H20BF2NO4S. The summed E-state index contributed by atoms with van der Waals surface area (Å²) in [6, 6.07) is 3.35. The summed E-state index contributed by atoms with van der Waals surface area (Å²) < 4.78 is 54.9. The first kappa shape index (κ1) is 18.3. The largest absolute Gasteiger partial charge is 0.437 e. The molecule has 1 aliphatic rings. The minimum Gasteiger partial charge on any atom is -0.437 e. The third-order valence-electron chi connectivity index (χ3n) is 4.02. The molecule has 0 spiro atoms. The van der Waals surface area contributed by atoms with Crippen LogP contribution in [0.15, 0.2) is 29.2 Å². The minimum atomic E-state index is -3.94. The Morgan fingerprint density at radius 1 is 1.30 bits per heavy atom.